The van der Waals surface area contributed by atoms with Gasteiger partial charge in [-0.3, -0.25) is 0 Å². The zero-order chi connectivity index (χ0) is 12.4. The average Bonchev–Trinajstić information content (AvgIpc) is 2.96. The summed E-state index contributed by atoms with van der Waals surface area (Å²) in [7, 11) is 3.52. The normalized spacial score (nSPS) is 35.8. The molecule has 1 saturated heterocycles. The van der Waals surface area contributed by atoms with Gasteiger partial charge in [0.2, 0.25) is 0 Å². The van der Waals surface area contributed by atoms with Crippen molar-refractivity contribution in [3.63, 3.8) is 0 Å². The Morgan fingerprint density at radius 2 is 1.33 bits per heavy atom. The molecule has 0 bridgehead atoms. The van der Waals surface area contributed by atoms with Gasteiger partial charge in [0.25, 0.3) is 0 Å². The first-order chi connectivity index (χ1) is 8.65. The molecule has 1 aromatic rings. The van der Waals surface area contributed by atoms with Crippen molar-refractivity contribution < 1.29 is 0 Å². The molecule has 98 valence electrons. The van der Waals surface area contributed by atoms with Crippen LogP contribution in [0.1, 0.15) is 5.56 Å². The van der Waals surface area contributed by atoms with Gasteiger partial charge in [-0.2, -0.15) is 0 Å². The van der Waals surface area contributed by atoms with E-state index in [1.54, 1.807) is 35.6 Å². The number of fused-ring (bicyclic) bond motifs is 2. The summed E-state index contributed by atoms with van der Waals surface area (Å²) in [5, 5.41) is 6.83. The van der Waals surface area contributed by atoms with E-state index in [1.165, 1.54) is 0 Å². The van der Waals surface area contributed by atoms with E-state index >= 15 is 0 Å². The number of alkyl halides is 2. The Kier molecular flexibility index (Phi) is 3.54. The van der Waals surface area contributed by atoms with Crippen molar-refractivity contribution in [3.05, 3.63) is 9.13 Å². The second-order valence-corrected chi connectivity index (χ2v) is 17.4. The quantitative estimate of drug-likeness (QED) is 0.387. The van der Waals surface area contributed by atoms with Gasteiger partial charge in [0.1, 0.15) is 0 Å². The fourth-order valence-corrected chi connectivity index (χ4v) is 17.7. The summed E-state index contributed by atoms with van der Waals surface area (Å²) >= 11 is -0.711. The summed E-state index contributed by atoms with van der Waals surface area (Å²) in [6, 6.07) is 0. The molecule has 6 atom stereocenters. The average molecular weight is 428 g/mol. The molecule has 3 aliphatic rings. The first kappa shape index (κ1) is 13.3. The number of halogens is 1. The second kappa shape index (κ2) is 4.81. The molecule has 0 radical (unpaired) electrons. The van der Waals surface area contributed by atoms with Gasteiger partial charge < -0.3 is 0 Å². The van der Waals surface area contributed by atoms with E-state index < -0.39 is 19.8 Å². The molecule has 0 amide bonds. The number of nitrogens with two attached hydrogens (primary N) is 2. The van der Waals surface area contributed by atoms with Crippen LogP contribution in [0.3, 0.4) is 0 Å². The predicted octanol–water partition coefficient (Wildman–Crippen LogP) is 0.412. The molecular formula is C11H17IN2P4. The van der Waals surface area contributed by atoms with E-state index in [0.717, 1.165) is 34.3 Å². The van der Waals surface area contributed by atoms with Crippen molar-refractivity contribution >= 4 is 75.4 Å². The van der Waals surface area contributed by atoms with E-state index in [-0.39, 0.29) is 0 Å². The third kappa shape index (κ3) is 2.05. The summed E-state index contributed by atoms with van der Waals surface area (Å²) in [5.41, 5.74) is 15.0. The standard InChI is InChI=1S/C11H17IN2P4/c1-4-6-8(17-10(13)15-6)5(12-2-3-12)9-7(4)16-11(14)18-9/h10-11,15-18H,2-3,13-14H2,1H3. The van der Waals surface area contributed by atoms with Crippen molar-refractivity contribution in [1.82, 2.24) is 0 Å². The first-order valence-electron chi connectivity index (χ1n) is 6.04. The minimum absolute atomic E-state index is 0.441. The van der Waals surface area contributed by atoms with Gasteiger partial charge in [0.15, 0.2) is 0 Å². The molecule has 2 nitrogen and oxygen atoms in total. The SMILES string of the molecule is Cc1c2c(c(I3CC3)c3c1PC(N)P3)PC(N)P2. The van der Waals surface area contributed by atoms with E-state index in [1.807, 2.05) is 3.57 Å². The summed E-state index contributed by atoms with van der Waals surface area (Å²) in [6.45, 7) is 2.34. The summed E-state index contributed by atoms with van der Waals surface area (Å²) in [5.74, 6) is 0. The molecule has 0 aromatic heterocycles. The van der Waals surface area contributed by atoms with Gasteiger partial charge in [-0.05, 0) is 0 Å². The number of hydrogen-bond donors (Lipinski definition) is 2. The Morgan fingerprint density at radius 3 is 1.78 bits per heavy atom. The fourth-order valence-electron chi connectivity index (χ4n) is 2.66. The summed E-state index contributed by atoms with van der Waals surface area (Å²) in [6.07, 6.45) is 0. The van der Waals surface area contributed by atoms with E-state index in [4.69, 9.17) is 11.5 Å². The predicted molar refractivity (Wildman–Crippen MR) is 101 cm³/mol. The molecule has 0 saturated carbocycles. The molecule has 4 rings (SSSR count). The van der Waals surface area contributed by atoms with Crippen molar-refractivity contribution in [1.29, 1.82) is 0 Å². The Morgan fingerprint density at radius 1 is 0.889 bits per heavy atom. The van der Waals surface area contributed by atoms with E-state index in [2.05, 4.69) is 6.92 Å². The Labute approximate surface area is 122 Å². The van der Waals surface area contributed by atoms with Crippen LogP contribution >= 0.6 is 54.1 Å². The first-order valence-corrected chi connectivity index (χ1v) is 14.5. The summed E-state index contributed by atoms with van der Waals surface area (Å²) in [4.78, 5) is 0. The van der Waals surface area contributed by atoms with E-state index in [9.17, 15) is 0 Å². The van der Waals surface area contributed by atoms with Gasteiger partial charge in [-0.25, -0.2) is 0 Å². The second-order valence-electron chi connectivity index (χ2n) is 4.81. The van der Waals surface area contributed by atoms with Crippen molar-refractivity contribution in [2.45, 2.75) is 18.0 Å². The molecule has 1 fully saturated rings. The van der Waals surface area contributed by atoms with Crippen molar-refractivity contribution in [2.24, 2.45) is 11.5 Å². The Bertz CT molecular complexity index is 507. The van der Waals surface area contributed by atoms with E-state index in [0.29, 0.717) is 11.0 Å². The van der Waals surface area contributed by atoms with Crippen LogP contribution in [0.15, 0.2) is 0 Å². The zero-order valence-corrected chi connectivity index (χ0v) is 16.3. The van der Waals surface area contributed by atoms with Crippen LogP contribution in [0, 0.1) is 10.5 Å². The third-order valence-electron chi connectivity index (χ3n) is 3.53. The molecule has 1 aromatic carbocycles. The van der Waals surface area contributed by atoms with Gasteiger partial charge in [0.05, 0.1) is 0 Å². The van der Waals surface area contributed by atoms with Gasteiger partial charge in [-0.1, -0.05) is 0 Å². The third-order valence-corrected chi connectivity index (χ3v) is 16.2. The number of rotatable bonds is 1. The van der Waals surface area contributed by atoms with Crippen molar-refractivity contribution in [2.75, 3.05) is 8.86 Å². The number of hydrogen-bond acceptors (Lipinski definition) is 2. The van der Waals surface area contributed by atoms with Crippen LogP contribution in [0.4, 0.5) is 0 Å². The van der Waals surface area contributed by atoms with Gasteiger partial charge in [0, 0.05) is 0 Å². The molecule has 4 N–H and O–H groups in total. The van der Waals surface area contributed by atoms with Crippen LogP contribution in [-0.4, -0.2) is 19.9 Å². The van der Waals surface area contributed by atoms with Crippen LogP contribution in [0.2, 0.25) is 0 Å². The van der Waals surface area contributed by atoms with Crippen molar-refractivity contribution in [3.8, 4) is 0 Å². The molecule has 0 spiro atoms. The van der Waals surface area contributed by atoms with Gasteiger partial charge in [-0.15, -0.1) is 0 Å². The van der Waals surface area contributed by atoms with Gasteiger partial charge >= 0.3 is 123 Å². The Hall–Kier alpha value is 1.59. The molecule has 0 aliphatic carbocycles. The van der Waals surface area contributed by atoms with Crippen LogP contribution in [-0.2, 0) is 0 Å². The minimum atomic E-state index is -0.711. The molecule has 7 heteroatoms. The van der Waals surface area contributed by atoms with Crippen LogP contribution in [0.5, 0.6) is 0 Å². The molecule has 18 heavy (non-hydrogen) atoms. The molecule has 3 aliphatic heterocycles. The molecule has 3 heterocycles. The Balaban J connectivity index is 1.97. The maximum absolute atomic E-state index is 6.25. The van der Waals surface area contributed by atoms with Crippen LogP contribution < -0.4 is 32.7 Å². The van der Waals surface area contributed by atoms with Crippen LogP contribution in [0.25, 0.3) is 0 Å². The molecule has 6 unspecified atom stereocenters. The topological polar surface area (TPSA) is 52.0 Å². The summed E-state index contributed by atoms with van der Waals surface area (Å²) < 4.78 is 4.99. The zero-order valence-electron chi connectivity index (χ0n) is 10.1. The number of benzene rings is 1. The monoisotopic (exact) mass is 428 g/mol. The maximum atomic E-state index is 6.25. The fraction of sp³-hybridized carbons (Fsp3) is 0.455. The molecular weight excluding hydrogens is 411 g/mol.